The van der Waals surface area contributed by atoms with E-state index in [0.29, 0.717) is 18.6 Å². The molecule has 1 saturated heterocycles. The molecule has 0 radical (unpaired) electrons. The molecule has 1 unspecified atom stereocenters. The minimum absolute atomic E-state index is 0.258. The van der Waals surface area contributed by atoms with Gasteiger partial charge in [0.15, 0.2) is 0 Å². The van der Waals surface area contributed by atoms with E-state index < -0.39 is 0 Å². The Bertz CT molecular complexity index is 218. The molecule has 1 N–H and O–H groups in total. The van der Waals surface area contributed by atoms with Gasteiger partial charge in [-0.25, -0.2) is 0 Å². The first kappa shape index (κ1) is 12.5. The van der Waals surface area contributed by atoms with Crippen LogP contribution in [0.1, 0.15) is 20.3 Å². The van der Waals surface area contributed by atoms with Gasteiger partial charge >= 0.3 is 0 Å². The highest BCUT2D eigenvalue weighted by molar-refractivity contribution is 5.79. The maximum Gasteiger partial charge on any atom is 0.237 e. The molecule has 0 aromatic rings. The van der Waals surface area contributed by atoms with Gasteiger partial charge in [0.2, 0.25) is 5.91 Å². The van der Waals surface area contributed by atoms with Gasteiger partial charge in [-0.1, -0.05) is 0 Å². The van der Waals surface area contributed by atoms with Crippen molar-refractivity contribution in [2.75, 3.05) is 33.7 Å². The van der Waals surface area contributed by atoms with Crippen molar-refractivity contribution in [3.8, 4) is 0 Å². The second kappa shape index (κ2) is 5.47. The largest absolute Gasteiger partial charge is 0.338 e. The predicted molar refractivity (Wildman–Crippen MR) is 61.8 cm³/mol. The van der Waals surface area contributed by atoms with Gasteiger partial charge < -0.3 is 10.2 Å². The normalized spacial score (nSPS) is 23.9. The Morgan fingerprint density at radius 3 is 2.73 bits per heavy atom. The minimum atomic E-state index is 0.258. The molecular formula is C11H23N3O. The van der Waals surface area contributed by atoms with Gasteiger partial charge in [0, 0.05) is 18.6 Å². The lowest BCUT2D eigenvalue weighted by molar-refractivity contribution is -0.139. The van der Waals surface area contributed by atoms with Crippen molar-refractivity contribution in [1.82, 2.24) is 15.1 Å². The fourth-order valence-corrected chi connectivity index (χ4v) is 2.02. The van der Waals surface area contributed by atoms with E-state index in [1.165, 1.54) is 0 Å². The van der Waals surface area contributed by atoms with Gasteiger partial charge in [-0.15, -0.1) is 0 Å². The van der Waals surface area contributed by atoms with Crippen molar-refractivity contribution in [1.29, 1.82) is 0 Å². The Hall–Kier alpha value is -0.610. The summed E-state index contributed by atoms with van der Waals surface area (Å²) in [6.07, 6.45) is 1.10. The SMILES string of the molecule is CNCCC1CN(C(C)C)C(=O)CN1C. The second-order valence-electron chi connectivity index (χ2n) is 4.60. The lowest BCUT2D eigenvalue weighted by Crippen LogP contribution is -2.57. The maximum atomic E-state index is 11.7. The quantitative estimate of drug-likeness (QED) is 0.722. The summed E-state index contributed by atoms with van der Waals surface area (Å²) in [5.74, 6) is 0.258. The summed E-state index contributed by atoms with van der Waals surface area (Å²) in [4.78, 5) is 15.9. The first-order chi connectivity index (χ1) is 7.06. The van der Waals surface area contributed by atoms with Crippen LogP contribution in [0.15, 0.2) is 0 Å². The van der Waals surface area contributed by atoms with Gasteiger partial charge in [-0.2, -0.15) is 0 Å². The Morgan fingerprint density at radius 2 is 2.20 bits per heavy atom. The zero-order valence-corrected chi connectivity index (χ0v) is 10.3. The average Bonchev–Trinajstić information content (AvgIpc) is 2.16. The Morgan fingerprint density at radius 1 is 1.53 bits per heavy atom. The predicted octanol–water partition coefficient (Wildman–Crippen LogP) is 0.147. The van der Waals surface area contributed by atoms with Crippen LogP contribution < -0.4 is 5.32 Å². The van der Waals surface area contributed by atoms with E-state index in [1.807, 2.05) is 19.0 Å². The monoisotopic (exact) mass is 213 g/mol. The number of piperazine rings is 1. The third-order valence-corrected chi connectivity index (χ3v) is 3.09. The van der Waals surface area contributed by atoms with E-state index in [4.69, 9.17) is 0 Å². The molecule has 0 aromatic carbocycles. The fraction of sp³-hybridized carbons (Fsp3) is 0.909. The first-order valence-electron chi connectivity index (χ1n) is 5.70. The molecule has 0 saturated carbocycles. The van der Waals surface area contributed by atoms with E-state index in [0.717, 1.165) is 19.5 Å². The molecular weight excluding hydrogens is 190 g/mol. The van der Waals surface area contributed by atoms with Crippen LogP contribution >= 0.6 is 0 Å². The highest BCUT2D eigenvalue weighted by atomic mass is 16.2. The number of rotatable bonds is 4. The van der Waals surface area contributed by atoms with Crippen LogP contribution in [0.2, 0.25) is 0 Å². The summed E-state index contributed by atoms with van der Waals surface area (Å²) < 4.78 is 0. The van der Waals surface area contributed by atoms with E-state index in [2.05, 4.69) is 24.1 Å². The third kappa shape index (κ3) is 3.18. The molecule has 4 nitrogen and oxygen atoms in total. The first-order valence-corrected chi connectivity index (χ1v) is 5.70. The zero-order chi connectivity index (χ0) is 11.4. The topological polar surface area (TPSA) is 35.6 Å². The minimum Gasteiger partial charge on any atom is -0.338 e. The Balaban J connectivity index is 2.54. The molecule has 0 aromatic heterocycles. The number of nitrogens with zero attached hydrogens (tertiary/aromatic N) is 2. The molecule has 0 aliphatic carbocycles. The molecule has 1 amide bonds. The van der Waals surface area contributed by atoms with Crippen LogP contribution in [0.5, 0.6) is 0 Å². The van der Waals surface area contributed by atoms with Gasteiger partial charge in [0.25, 0.3) is 0 Å². The van der Waals surface area contributed by atoms with Crippen molar-refractivity contribution in [3.63, 3.8) is 0 Å². The highest BCUT2D eigenvalue weighted by Gasteiger charge is 2.30. The number of likely N-dealkylation sites (N-methyl/N-ethyl adjacent to an activating group) is 1. The second-order valence-corrected chi connectivity index (χ2v) is 4.60. The van der Waals surface area contributed by atoms with E-state index in [-0.39, 0.29) is 5.91 Å². The molecule has 1 aliphatic rings. The van der Waals surface area contributed by atoms with Crippen LogP contribution in [0.4, 0.5) is 0 Å². The van der Waals surface area contributed by atoms with Crippen LogP contribution in [0.25, 0.3) is 0 Å². The lowest BCUT2D eigenvalue weighted by Gasteiger charge is -2.41. The summed E-state index contributed by atoms with van der Waals surface area (Å²) in [7, 11) is 4.00. The average molecular weight is 213 g/mol. The number of hydrogen-bond donors (Lipinski definition) is 1. The van der Waals surface area contributed by atoms with Gasteiger partial charge in [-0.05, 0) is 40.9 Å². The summed E-state index contributed by atoms with van der Waals surface area (Å²) in [6.45, 7) is 6.60. The Kier molecular flexibility index (Phi) is 4.54. The molecule has 0 bridgehead atoms. The van der Waals surface area contributed by atoms with Crippen molar-refractivity contribution in [2.24, 2.45) is 0 Å². The number of amides is 1. The summed E-state index contributed by atoms with van der Waals surface area (Å²) in [6, 6.07) is 0.820. The van der Waals surface area contributed by atoms with Crippen LogP contribution in [0.3, 0.4) is 0 Å². The molecule has 0 spiro atoms. The van der Waals surface area contributed by atoms with Crippen molar-refractivity contribution < 1.29 is 4.79 Å². The van der Waals surface area contributed by atoms with Gasteiger partial charge in [-0.3, -0.25) is 9.69 Å². The summed E-state index contributed by atoms with van der Waals surface area (Å²) in [5.41, 5.74) is 0. The standard InChI is InChI=1S/C11H23N3O/c1-9(2)14-7-10(5-6-12-3)13(4)8-11(14)15/h9-10,12H,5-8H2,1-4H3. The summed E-state index contributed by atoms with van der Waals surface area (Å²) in [5, 5.41) is 3.16. The zero-order valence-electron chi connectivity index (χ0n) is 10.3. The highest BCUT2D eigenvalue weighted by Crippen LogP contribution is 2.13. The van der Waals surface area contributed by atoms with Crippen LogP contribution in [-0.2, 0) is 4.79 Å². The fourth-order valence-electron chi connectivity index (χ4n) is 2.02. The van der Waals surface area contributed by atoms with E-state index >= 15 is 0 Å². The lowest BCUT2D eigenvalue weighted by atomic mass is 10.1. The van der Waals surface area contributed by atoms with Crippen molar-refractivity contribution in [2.45, 2.75) is 32.4 Å². The molecule has 1 fully saturated rings. The van der Waals surface area contributed by atoms with Crippen molar-refractivity contribution in [3.05, 3.63) is 0 Å². The third-order valence-electron chi connectivity index (χ3n) is 3.09. The molecule has 1 aliphatic heterocycles. The Labute approximate surface area is 92.6 Å². The van der Waals surface area contributed by atoms with Gasteiger partial charge in [0.1, 0.15) is 0 Å². The van der Waals surface area contributed by atoms with Crippen molar-refractivity contribution >= 4 is 5.91 Å². The van der Waals surface area contributed by atoms with E-state index in [9.17, 15) is 4.79 Å². The molecule has 15 heavy (non-hydrogen) atoms. The maximum absolute atomic E-state index is 11.7. The van der Waals surface area contributed by atoms with Crippen LogP contribution in [0, 0.1) is 0 Å². The number of carbonyl (C=O) groups excluding carboxylic acids is 1. The van der Waals surface area contributed by atoms with Crippen LogP contribution in [-0.4, -0.2) is 61.5 Å². The number of carbonyl (C=O) groups is 1. The smallest absolute Gasteiger partial charge is 0.237 e. The molecule has 4 heteroatoms. The van der Waals surface area contributed by atoms with Gasteiger partial charge in [0.05, 0.1) is 6.54 Å². The molecule has 1 heterocycles. The molecule has 1 atom stereocenters. The number of hydrogen-bond acceptors (Lipinski definition) is 3. The molecule has 88 valence electrons. The molecule has 1 rings (SSSR count). The summed E-state index contributed by atoms with van der Waals surface area (Å²) >= 11 is 0. The number of nitrogens with one attached hydrogen (secondary N) is 1. The van der Waals surface area contributed by atoms with E-state index in [1.54, 1.807) is 0 Å².